The Labute approximate surface area is 94.5 Å². The third kappa shape index (κ3) is 11.9. The van der Waals surface area contributed by atoms with Gasteiger partial charge in [0.15, 0.2) is 0 Å². The Morgan fingerprint density at radius 1 is 1.00 bits per heavy atom. The Balaban J connectivity index is 0.000000174. The molecule has 0 amide bonds. The number of hydrogen-bond donors (Lipinski definition) is 0. The molecule has 0 aliphatic rings. The van der Waals surface area contributed by atoms with E-state index in [-0.39, 0.29) is 14.4 Å². The molecule has 2 aromatic rings. The predicted octanol–water partition coefficient (Wildman–Crippen LogP) is 3.39. The molecule has 0 aromatic heterocycles. The minimum Gasteiger partial charge on any atom is -0.999 e. The average Bonchev–Trinajstić information content (AvgIpc) is 2.85. The summed E-state index contributed by atoms with van der Waals surface area (Å²) in [5.41, 5.74) is 0. The van der Waals surface area contributed by atoms with Gasteiger partial charge in [0.1, 0.15) is 0 Å². The summed E-state index contributed by atoms with van der Waals surface area (Å²) in [6.07, 6.45) is 0. The van der Waals surface area contributed by atoms with E-state index in [1.807, 2.05) is 30.3 Å². The van der Waals surface area contributed by atoms with Gasteiger partial charge in [0, 0.05) is 0 Å². The average molecular weight is 248 g/mol. The summed E-state index contributed by atoms with van der Waals surface area (Å²) in [6, 6.07) is 22.0. The first kappa shape index (κ1) is 12.9. The van der Waals surface area contributed by atoms with Crippen LogP contribution in [0.25, 0.3) is 0 Å². The van der Waals surface area contributed by atoms with Crippen LogP contribution >= 0.6 is 19.7 Å². The van der Waals surface area contributed by atoms with Crippen molar-refractivity contribution in [1.29, 1.82) is 0 Å². The molecule has 71 valence electrons. The molecule has 0 aliphatic carbocycles. The van der Waals surface area contributed by atoms with Gasteiger partial charge < -0.3 is 30.3 Å². The normalized spacial score (nSPS) is 7.23. The zero-order chi connectivity index (χ0) is 9.78. The van der Waals surface area contributed by atoms with Gasteiger partial charge in [-0.3, -0.25) is 0 Å². The van der Waals surface area contributed by atoms with Crippen molar-refractivity contribution in [3.63, 3.8) is 0 Å². The molecule has 0 nitrogen and oxygen atoms in total. The summed E-state index contributed by atoms with van der Waals surface area (Å²) in [7, 11) is 9.72. The summed E-state index contributed by atoms with van der Waals surface area (Å²) in [5, 5.41) is 0. The molecule has 0 unspecified atom stereocenters. The van der Waals surface area contributed by atoms with Gasteiger partial charge in [-0.1, -0.05) is 0 Å². The second-order valence-corrected chi connectivity index (χ2v) is 4.02. The Hall–Kier alpha value is -0.136. The molecule has 2 rings (SSSR count). The Kier molecular flexibility index (Phi) is 11.7. The van der Waals surface area contributed by atoms with Crippen LogP contribution in [0.5, 0.6) is 0 Å². The van der Waals surface area contributed by atoms with Crippen LogP contribution in [0.4, 0.5) is 0 Å². The van der Waals surface area contributed by atoms with E-state index in [4.69, 9.17) is 19.7 Å². The molecule has 0 N–H and O–H groups in total. The molecule has 13 heavy (non-hydrogen) atoms. The fourth-order valence-corrected chi connectivity index (χ4v) is 0.501. The predicted molar refractivity (Wildman–Crippen MR) is 51.1 cm³/mol. The first-order valence-corrected chi connectivity index (χ1v) is 7.18. The van der Waals surface area contributed by atoms with Crippen LogP contribution in [0.3, 0.4) is 0 Å². The fourth-order valence-electron chi connectivity index (χ4n) is 0.501. The van der Waals surface area contributed by atoms with Crippen molar-refractivity contribution >= 4 is 19.7 Å². The van der Waals surface area contributed by atoms with Gasteiger partial charge in [-0.25, -0.2) is 12.1 Å². The molecule has 2 aromatic carbocycles. The molecule has 0 aliphatic heterocycles. The first-order chi connectivity index (χ1) is 6.41. The Bertz CT molecular complexity index is 165. The standard InChI is InChI=1S/C5H5.C5H.2ClH.V/c2*1-2-4-5-3-1;;;/h1-5H;1H;2*1H;/q-1;-5;;;+2/p-2. The molecule has 0 fully saturated rings. The fraction of sp³-hybridized carbons (Fsp3) is 0. The van der Waals surface area contributed by atoms with E-state index in [0.29, 0.717) is 0 Å². The van der Waals surface area contributed by atoms with Crippen molar-refractivity contribution in [3.8, 4) is 0 Å². The minimum absolute atomic E-state index is 0.368. The van der Waals surface area contributed by atoms with Gasteiger partial charge in [0.05, 0.1) is 0 Å². The van der Waals surface area contributed by atoms with Crippen LogP contribution in [0.1, 0.15) is 0 Å². The quantitative estimate of drug-likeness (QED) is 0.627. The smallest absolute Gasteiger partial charge is 0.172 e. The number of rotatable bonds is 0. The maximum Gasteiger partial charge on any atom is -0.172 e. The molecule has 0 heterocycles. The monoisotopic (exact) mass is 247 g/mol. The van der Waals surface area contributed by atoms with Crippen LogP contribution in [-0.2, 0) is 14.4 Å². The second-order valence-electron chi connectivity index (χ2n) is 1.71. The van der Waals surface area contributed by atoms with Gasteiger partial charge in [-0.05, 0) is 0 Å². The molecule has 0 saturated carbocycles. The molecule has 3 heteroatoms. The van der Waals surface area contributed by atoms with Gasteiger partial charge >= 0.3 is 34.1 Å². The van der Waals surface area contributed by atoms with E-state index in [1.54, 1.807) is 6.07 Å². The summed E-state index contributed by atoms with van der Waals surface area (Å²) >= 11 is -0.368. The van der Waals surface area contributed by atoms with Gasteiger partial charge in [-0.2, -0.15) is 18.2 Å². The van der Waals surface area contributed by atoms with E-state index in [2.05, 4.69) is 24.3 Å². The van der Waals surface area contributed by atoms with E-state index >= 15 is 0 Å². The minimum atomic E-state index is -0.368. The summed E-state index contributed by atoms with van der Waals surface area (Å²) in [4.78, 5) is 0. The van der Waals surface area contributed by atoms with Crippen molar-refractivity contribution in [2.45, 2.75) is 0 Å². The van der Waals surface area contributed by atoms with E-state index in [1.165, 1.54) is 0 Å². The molecular formula is C10H6Cl2V-6. The summed E-state index contributed by atoms with van der Waals surface area (Å²) in [6.45, 7) is 0. The Morgan fingerprint density at radius 2 is 1.46 bits per heavy atom. The van der Waals surface area contributed by atoms with E-state index in [9.17, 15) is 0 Å². The first-order valence-electron chi connectivity index (χ1n) is 3.33. The van der Waals surface area contributed by atoms with Crippen molar-refractivity contribution in [3.05, 3.63) is 60.7 Å². The summed E-state index contributed by atoms with van der Waals surface area (Å²) in [5.74, 6) is 0. The zero-order valence-corrected chi connectivity index (χ0v) is 9.58. The summed E-state index contributed by atoms with van der Waals surface area (Å²) < 4.78 is 0. The molecule has 0 radical (unpaired) electrons. The van der Waals surface area contributed by atoms with Crippen molar-refractivity contribution in [1.82, 2.24) is 0 Å². The van der Waals surface area contributed by atoms with Crippen LogP contribution in [-0.4, -0.2) is 0 Å². The zero-order valence-electron chi connectivity index (χ0n) is 6.67. The molecule has 0 saturated heterocycles. The number of hydrogen-bond acceptors (Lipinski definition) is 0. The van der Waals surface area contributed by atoms with Crippen molar-refractivity contribution in [2.24, 2.45) is 0 Å². The Morgan fingerprint density at radius 3 is 1.62 bits per heavy atom. The molecule has 0 spiro atoms. The van der Waals surface area contributed by atoms with Crippen molar-refractivity contribution < 1.29 is 14.4 Å². The van der Waals surface area contributed by atoms with Gasteiger partial charge in [0.25, 0.3) is 0 Å². The maximum absolute atomic E-state index is 4.86. The van der Waals surface area contributed by atoms with E-state index in [0.717, 1.165) is 0 Å². The largest absolute Gasteiger partial charge is 0.999 e. The van der Waals surface area contributed by atoms with Gasteiger partial charge in [-0.15, -0.1) is 0 Å². The van der Waals surface area contributed by atoms with Crippen LogP contribution in [0.15, 0.2) is 36.4 Å². The van der Waals surface area contributed by atoms with Gasteiger partial charge in [0.2, 0.25) is 0 Å². The van der Waals surface area contributed by atoms with Crippen LogP contribution < -0.4 is 0 Å². The molecular weight excluding hydrogens is 242 g/mol. The molecule has 0 bridgehead atoms. The van der Waals surface area contributed by atoms with Crippen LogP contribution in [0.2, 0.25) is 0 Å². The third-order valence-electron chi connectivity index (χ3n) is 0.907. The number of halogens is 2. The van der Waals surface area contributed by atoms with Crippen molar-refractivity contribution in [2.75, 3.05) is 0 Å². The van der Waals surface area contributed by atoms with Crippen LogP contribution in [0, 0.1) is 24.3 Å². The van der Waals surface area contributed by atoms with E-state index < -0.39 is 0 Å². The third-order valence-corrected chi connectivity index (χ3v) is 0.907. The topological polar surface area (TPSA) is 0 Å². The molecule has 0 atom stereocenters. The second kappa shape index (κ2) is 11.9. The SMILES string of the molecule is [Cl][V][Cl].[c-]1[c-][c-][cH-][c-]1.c1cc[cH-]c1. The maximum atomic E-state index is 4.86.